The molecule has 1 heterocycles. The van der Waals surface area contributed by atoms with Crippen LogP contribution in [0.15, 0.2) is 72.8 Å². The second-order valence-electron chi connectivity index (χ2n) is 8.48. The molecule has 1 saturated heterocycles. The van der Waals surface area contributed by atoms with E-state index in [0.29, 0.717) is 41.6 Å². The molecule has 0 saturated carbocycles. The van der Waals surface area contributed by atoms with Crippen molar-refractivity contribution >= 4 is 17.5 Å². The van der Waals surface area contributed by atoms with Gasteiger partial charge in [-0.3, -0.25) is 9.59 Å². The van der Waals surface area contributed by atoms with Crippen LogP contribution in [0.5, 0.6) is 5.75 Å². The molecule has 2 amide bonds. The summed E-state index contributed by atoms with van der Waals surface area (Å²) in [6.45, 7) is 3.13. The number of aryl methyl sites for hydroxylation is 1. The number of rotatable bonds is 6. The number of nitrogens with zero attached hydrogens (tertiary/aromatic N) is 2. The number of carbonyl (C=O) groups excluding carboxylic acids is 2. The van der Waals surface area contributed by atoms with Crippen molar-refractivity contribution in [3.05, 3.63) is 95.1 Å². The fourth-order valence-electron chi connectivity index (χ4n) is 4.17. The number of nitrogens with one attached hydrogen (secondary N) is 1. The average Bonchev–Trinajstić information content (AvgIpc) is 2.89. The van der Waals surface area contributed by atoms with E-state index in [2.05, 4.69) is 11.4 Å². The predicted octanol–water partition coefficient (Wildman–Crippen LogP) is 4.90. The molecule has 3 aromatic rings. The van der Waals surface area contributed by atoms with Gasteiger partial charge in [-0.25, -0.2) is 0 Å². The Hall–Kier alpha value is -4.11. The van der Waals surface area contributed by atoms with Crippen LogP contribution in [0.2, 0.25) is 0 Å². The van der Waals surface area contributed by atoms with Crippen molar-refractivity contribution in [2.75, 3.05) is 25.0 Å². The molecule has 3 aromatic carbocycles. The summed E-state index contributed by atoms with van der Waals surface area (Å²) in [5.41, 5.74) is 3.92. The SMILES string of the molecule is Cc1ccc(C(=O)N2CCC(c3ccc(C#N)cc3)CC2)cc1NC(=O)COc1ccccc1. The van der Waals surface area contributed by atoms with Gasteiger partial charge in [0.05, 0.1) is 11.6 Å². The van der Waals surface area contributed by atoms with Gasteiger partial charge in [-0.05, 0) is 73.2 Å². The Kier molecular flexibility index (Phi) is 7.24. The van der Waals surface area contributed by atoms with Gasteiger partial charge < -0.3 is 15.0 Å². The van der Waals surface area contributed by atoms with E-state index in [4.69, 9.17) is 10.00 Å². The molecule has 0 aliphatic carbocycles. The van der Waals surface area contributed by atoms with Gasteiger partial charge in [-0.15, -0.1) is 0 Å². The van der Waals surface area contributed by atoms with Crippen molar-refractivity contribution < 1.29 is 14.3 Å². The zero-order chi connectivity index (χ0) is 23.9. The van der Waals surface area contributed by atoms with E-state index in [9.17, 15) is 9.59 Å². The second-order valence-corrected chi connectivity index (χ2v) is 8.48. The summed E-state index contributed by atoms with van der Waals surface area (Å²) >= 11 is 0. The summed E-state index contributed by atoms with van der Waals surface area (Å²) in [5.74, 6) is 0.700. The fourth-order valence-corrected chi connectivity index (χ4v) is 4.17. The Balaban J connectivity index is 1.35. The van der Waals surface area contributed by atoms with Gasteiger partial charge in [0.1, 0.15) is 5.75 Å². The smallest absolute Gasteiger partial charge is 0.262 e. The molecule has 0 aromatic heterocycles. The molecule has 1 aliphatic heterocycles. The molecular formula is C28H27N3O3. The lowest BCUT2D eigenvalue weighted by molar-refractivity contribution is -0.118. The molecule has 0 unspecified atom stereocenters. The normalized spacial score (nSPS) is 13.7. The number of benzene rings is 3. The quantitative estimate of drug-likeness (QED) is 0.575. The lowest BCUT2D eigenvalue weighted by Gasteiger charge is -2.32. The largest absolute Gasteiger partial charge is 0.484 e. The first-order valence-electron chi connectivity index (χ1n) is 11.4. The van der Waals surface area contributed by atoms with E-state index in [1.54, 1.807) is 24.3 Å². The van der Waals surface area contributed by atoms with Crippen LogP contribution in [0, 0.1) is 18.3 Å². The van der Waals surface area contributed by atoms with Crippen molar-refractivity contribution in [3.63, 3.8) is 0 Å². The van der Waals surface area contributed by atoms with Crippen LogP contribution in [-0.2, 0) is 4.79 Å². The molecule has 1 fully saturated rings. The minimum atomic E-state index is -0.278. The minimum absolute atomic E-state index is 0.0330. The molecule has 6 nitrogen and oxygen atoms in total. The maximum absolute atomic E-state index is 13.1. The number of hydrogen-bond acceptors (Lipinski definition) is 4. The molecule has 0 radical (unpaired) electrons. The molecule has 34 heavy (non-hydrogen) atoms. The van der Waals surface area contributed by atoms with Gasteiger partial charge in [0, 0.05) is 24.3 Å². The van der Waals surface area contributed by atoms with Gasteiger partial charge in [-0.2, -0.15) is 5.26 Å². The van der Waals surface area contributed by atoms with E-state index in [0.717, 1.165) is 18.4 Å². The van der Waals surface area contributed by atoms with Gasteiger partial charge in [0.2, 0.25) is 0 Å². The molecule has 1 aliphatic rings. The Bertz CT molecular complexity index is 1190. The Morgan fingerprint density at radius 2 is 1.74 bits per heavy atom. The number of piperidine rings is 1. The first kappa shape index (κ1) is 23.1. The zero-order valence-corrected chi connectivity index (χ0v) is 19.2. The summed E-state index contributed by atoms with van der Waals surface area (Å²) in [6.07, 6.45) is 1.76. The molecule has 172 valence electrons. The van der Waals surface area contributed by atoms with Gasteiger partial charge >= 0.3 is 0 Å². The van der Waals surface area contributed by atoms with Crippen LogP contribution in [0.25, 0.3) is 0 Å². The van der Waals surface area contributed by atoms with Crippen molar-refractivity contribution in [1.82, 2.24) is 4.90 Å². The Morgan fingerprint density at radius 1 is 1.03 bits per heavy atom. The summed E-state index contributed by atoms with van der Waals surface area (Å²) in [4.78, 5) is 27.4. The molecule has 0 spiro atoms. The summed E-state index contributed by atoms with van der Waals surface area (Å²) < 4.78 is 5.51. The van der Waals surface area contributed by atoms with Crippen molar-refractivity contribution in [3.8, 4) is 11.8 Å². The first-order chi connectivity index (χ1) is 16.5. The van der Waals surface area contributed by atoms with Crippen LogP contribution in [-0.4, -0.2) is 36.4 Å². The number of likely N-dealkylation sites (tertiary alicyclic amines) is 1. The van der Waals surface area contributed by atoms with E-state index in [1.165, 1.54) is 5.56 Å². The van der Waals surface area contributed by atoms with Crippen molar-refractivity contribution in [1.29, 1.82) is 5.26 Å². The maximum atomic E-state index is 13.1. The Labute approximate surface area is 199 Å². The van der Waals surface area contributed by atoms with Crippen LogP contribution in [0.3, 0.4) is 0 Å². The number of carbonyl (C=O) groups is 2. The average molecular weight is 454 g/mol. The van der Waals surface area contributed by atoms with Crippen LogP contribution < -0.4 is 10.1 Å². The highest BCUT2D eigenvalue weighted by atomic mass is 16.5. The van der Waals surface area contributed by atoms with Crippen LogP contribution >= 0.6 is 0 Å². The Morgan fingerprint density at radius 3 is 2.41 bits per heavy atom. The third-order valence-corrected chi connectivity index (χ3v) is 6.17. The number of nitriles is 1. The number of hydrogen-bond donors (Lipinski definition) is 1. The number of anilines is 1. The second kappa shape index (κ2) is 10.7. The minimum Gasteiger partial charge on any atom is -0.484 e. The molecular weight excluding hydrogens is 426 g/mol. The molecule has 4 rings (SSSR count). The van der Waals surface area contributed by atoms with E-state index < -0.39 is 0 Å². The molecule has 1 N–H and O–H groups in total. The maximum Gasteiger partial charge on any atom is 0.262 e. The highest BCUT2D eigenvalue weighted by molar-refractivity contribution is 5.98. The summed E-state index contributed by atoms with van der Waals surface area (Å²) in [5, 5.41) is 11.8. The standard InChI is InChI=1S/C28H27N3O3/c1-20-7-10-24(17-26(20)30-27(32)19-34-25-5-3-2-4-6-25)28(33)31-15-13-23(14-16-31)22-11-8-21(18-29)9-12-22/h2-12,17,23H,13-16,19H2,1H3,(H,30,32). The molecule has 6 heteroatoms. The third kappa shape index (κ3) is 5.62. The molecule has 0 atom stereocenters. The van der Waals surface area contributed by atoms with E-state index in [1.807, 2.05) is 60.4 Å². The highest BCUT2D eigenvalue weighted by Crippen LogP contribution is 2.29. The van der Waals surface area contributed by atoms with Crippen LogP contribution in [0.4, 0.5) is 5.69 Å². The topological polar surface area (TPSA) is 82.4 Å². The van der Waals surface area contributed by atoms with Gasteiger partial charge in [0.15, 0.2) is 6.61 Å². The predicted molar refractivity (Wildman–Crippen MR) is 131 cm³/mol. The van der Waals surface area contributed by atoms with Crippen molar-refractivity contribution in [2.24, 2.45) is 0 Å². The van der Waals surface area contributed by atoms with E-state index >= 15 is 0 Å². The van der Waals surface area contributed by atoms with Crippen LogP contribution in [0.1, 0.15) is 45.8 Å². The third-order valence-electron chi connectivity index (χ3n) is 6.17. The summed E-state index contributed by atoms with van der Waals surface area (Å²) in [6, 6.07) is 24.4. The number of ether oxygens (including phenoxy) is 1. The van der Waals surface area contributed by atoms with Crippen molar-refractivity contribution in [2.45, 2.75) is 25.7 Å². The molecule has 0 bridgehead atoms. The summed E-state index contributed by atoms with van der Waals surface area (Å²) in [7, 11) is 0. The lowest BCUT2D eigenvalue weighted by Crippen LogP contribution is -2.38. The fraction of sp³-hybridized carbons (Fsp3) is 0.250. The number of para-hydroxylation sites is 1. The number of amides is 2. The van der Waals surface area contributed by atoms with E-state index in [-0.39, 0.29) is 18.4 Å². The first-order valence-corrected chi connectivity index (χ1v) is 11.4. The highest BCUT2D eigenvalue weighted by Gasteiger charge is 2.25. The monoisotopic (exact) mass is 453 g/mol. The lowest BCUT2D eigenvalue weighted by atomic mass is 9.89. The zero-order valence-electron chi connectivity index (χ0n) is 19.2. The van der Waals surface area contributed by atoms with Gasteiger partial charge in [0.25, 0.3) is 11.8 Å². The van der Waals surface area contributed by atoms with Gasteiger partial charge in [-0.1, -0.05) is 36.4 Å².